The van der Waals surface area contributed by atoms with E-state index in [0.717, 1.165) is 67.0 Å². The monoisotopic (exact) mass is 2050 g/mol. The predicted octanol–water partition coefficient (Wildman–Crippen LogP) is 22.5. The van der Waals surface area contributed by atoms with E-state index in [4.69, 9.17) is 42.6 Å². The molecule has 0 radical (unpaired) electrons. The van der Waals surface area contributed by atoms with Gasteiger partial charge in [0.05, 0.1) is 69.1 Å². The summed E-state index contributed by atoms with van der Waals surface area (Å²) in [4.78, 5) is 158. The fourth-order valence-corrected chi connectivity index (χ4v) is 15.0. The maximum absolute atomic E-state index is 13.5. The second-order valence-corrected chi connectivity index (χ2v) is 34.7. The van der Waals surface area contributed by atoms with Gasteiger partial charge in [0, 0.05) is 65.6 Å². The number of aromatic nitrogens is 1. The molecule has 0 saturated carbocycles. The zero-order valence-electron chi connectivity index (χ0n) is 84.1. The van der Waals surface area contributed by atoms with Gasteiger partial charge in [-0.05, 0) is 241 Å². The summed E-state index contributed by atoms with van der Waals surface area (Å²) in [6.07, 6.45) is 12.7. The number of pyridine rings is 1. The van der Waals surface area contributed by atoms with E-state index in [1.54, 1.807) is 153 Å². The first-order valence-corrected chi connectivity index (χ1v) is 49.2. The van der Waals surface area contributed by atoms with Gasteiger partial charge in [0.25, 0.3) is 17.7 Å². The first kappa shape index (κ1) is 115. The van der Waals surface area contributed by atoms with E-state index < -0.39 is 103 Å². The van der Waals surface area contributed by atoms with Gasteiger partial charge in [-0.3, -0.25) is 43.7 Å². The highest BCUT2D eigenvalue weighted by atomic mass is 19.4. The van der Waals surface area contributed by atoms with Gasteiger partial charge in [-0.25, -0.2) is 24.2 Å². The fourth-order valence-electron chi connectivity index (χ4n) is 15.0. The van der Waals surface area contributed by atoms with Gasteiger partial charge >= 0.3 is 48.1 Å². The number of amides is 6. The number of nitrogens with zero attached hydrogens (tertiary/aromatic N) is 4. The van der Waals surface area contributed by atoms with E-state index in [2.05, 4.69) is 41.7 Å². The molecule has 0 aliphatic heterocycles. The Bertz CT molecular complexity index is 6370. The number of alkyl halides is 3. The minimum absolute atomic E-state index is 0.00134. The van der Waals surface area contributed by atoms with Crippen LogP contribution in [0.5, 0.6) is 46.1 Å². The van der Waals surface area contributed by atoms with E-state index >= 15 is 0 Å². The van der Waals surface area contributed by atoms with Crippen LogP contribution in [-0.2, 0) is 74.0 Å². The maximum Gasteiger partial charge on any atom is 0.416 e. The van der Waals surface area contributed by atoms with Crippen LogP contribution in [0.25, 0.3) is 0 Å². The quantitative estimate of drug-likeness (QED) is 0.0117. The highest BCUT2D eigenvalue weighted by molar-refractivity contribution is 6.00. The van der Waals surface area contributed by atoms with Crippen molar-refractivity contribution in [2.45, 2.75) is 162 Å². The molecule has 0 spiro atoms. The number of carboxylic acids is 3. The number of esters is 3. The lowest BCUT2D eigenvalue weighted by molar-refractivity contribution is -0.139. The van der Waals surface area contributed by atoms with Crippen molar-refractivity contribution in [2.24, 2.45) is 0 Å². The van der Waals surface area contributed by atoms with E-state index in [1.165, 1.54) is 159 Å². The first-order chi connectivity index (χ1) is 72.4. The van der Waals surface area contributed by atoms with Crippen LogP contribution in [0.4, 0.5) is 35.0 Å². The van der Waals surface area contributed by atoms with E-state index in [1.807, 2.05) is 42.5 Å². The molecule has 150 heavy (non-hydrogen) atoms. The summed E-state index contributed by atoms with van der Waals surface area (Å²) < 4.78 is 89.5. The number of benzene rings is 11. The lowest BCUT2D eigenvalue weighted by Gasteiger charge is -2.21. The third kappa shape index (κ3) is 40.0. The number of methoxy groups -OCH3 is 2. The van der Waals surface area contributed by atoms with Crippen LogP contribution in [0.15, 0.2) is 285 Å². The van der Waals surface area contributed by atoms with Crippen LogP contribution in [-0.4, -0.2) is 160 Å². The summed E-state index contributed by atoms with van der Waals surface area (Å²) >= 11 is 0. The van der Waals surface area contributed by atoms with Crippen molar-refractivity contribution in [3.05, 3.63) is 358 Å². The molecule has 12 aromatic rings. The molecule has 0 aliphatic rings. The van der Waals surface area contributed by atoms with Crippen LogP contribution in [0.3, 0.4) is 0 Å². The lowest BCUT2D eigenvalue weighted by atomic mass is 10.0. The molecule has 1 heterocycles. The Labute approximate surface area is 867 Å². The maximum atomic E-state index is 13.5. The molecule has 0 saturated heterocycles. The molecule has 6 amide bonds. The highest BCUT2D eigenvalue weighted by Gasteiger charge is 2.35. The van der Waals surface area contributed by atoms with Gasteiger partial charge < -0.3 is 83.3 Å². The van der Waals surface area contributed by atoms with Gasteiger partial charge in [0.2, 0.25) is 17.7 Å². The van der Waals surface area contributed by atoms with Crippen LogP contribution in [0.2, 0.25) is 0 Å². The molecule has 34 heteroatoms. The number of aliphatic carboxylic acids is 3. The second kappa shape index (κ2) is 60.7. The number of rotatable bonds is 53. The van der Waals surface area contributed by atoms with Crippen molar-refractivity contribution < 1.29 is 129 Å². The largest absolute Gasteiger partial charge is 0.497 e. The van der Waals surface area contributed by atoms with Crippen molar-refractivity contribution in [1.29, 1.82) is 0 Å². The molecule has 0 unspecified atom stereocenters. The van der Waals surface area contributed by atoms with E-state index in [-0.39, 0.29) is 83.6 Å². The number of unbranched alkanes of at least 4 members (excludes halogenated alkanes) is 12. The molecule has 6 N–H and O–H groups in total. The Kier molecular flexibility index (Phi) is 46.4. The number of carbonyl (C=O) groups is 12. The lowest BCUT2D eigenvalue weighted by Crippen LogP contribution is -2.35. The Morgan fingerprint density at radius 3 is 1.03 bits per heavy atom. The predicted molar refractivity (Wildman–Crippen MR) is 556 cm³/mol. The molecule has 1 aromatic heterocycles. The summed E-state index contributed by atoms with van der Waals surface area (Å²) in [5, 5.41) is 36.3. The molecule has 12 rings (SSSR count). The Morgan fingerprint density at radius 1 is 0.327 bits per heavy atom. The summed E-state index contributed by atoms with van der Waals surface area (Å²) in [6, 6.07) is 73.6. The smallest absolute Gasteiger partial charge is 0.416 e. The van der Waals surface area contributed by atoms with Crippen molar-refractivity contribution in [3.8, 4) is 46.1 Å². The SMILES string of the molecule is CCCCCCCOc1ccc(C(=O)Oc2ccc(CN(CC(=O)O)C(=O)c3ccc(NC(=O)Cc4ccc(OC)cc4)cc3)cc2)cc1.CCCCCCCOc1ccc(C(=O)Oc2ccc(CN(CC(=O)O)C(=O)c3ccc(NC(=O)Cc4ccc(OC)cc4C(F)(F)F)cc3)cc2)cn1.CCCCCCCOc1ccc(C(=O)Oc2ccc(CN(CC(=O)O)C(=O)c3ccc(NC(=O)OCc4ccccc4)cc3)cc2)cc1. The standard InChI is InChI=1S/C39H40F3N3O8.C39H42N2O8.C38H40N2O8/c1-3-4-5-6-7-20-52-35-19-13-29(23-43-35)38(50)53-31-16-8-26(9-17-31)24-45(25-36(47)48)37(49)27-10-14-30(15-11-27)44-34(46)21-28-12-18-32(51-2)22-33(28)39(40,41)42;1-3-4-5-6-7-24-48-34-22-14-31(15-23-34)39(46)49-35-20-10-29(11-21-35)26-41(27-37(43)44)38(45)30-12-16-32(17-13-30)40-36(42)25-28-8-18-33(47-2)19-9-28;1-2-3-4-5-9-24-46-33-22-16-31(17-23-33)37(44)48-34-20-12-28(13-21-34)25-40(26-35(41)42)36(43)30-14-18-32(19-15-30)39-38(45)47-27-29-10-7-6-8-11-29/h8-19,22-23H,3-7,20-21,24-25H2,1-2H3,(H,44,46)(H,47,48);8-23H,3-7,24-27H2,1-2H3,(H,40,42)(H,43,44);6-8,10-23H,2-5,9,24-27H2,1H3,(H,39,45)(H,41,42). The van der Waals surface area contributed by atoms with Crippen molar-refractivity contribution in [1.82, 2.24) is 19.7 Å². The third-order valence-corrected chi connectivity index (χ3v) is 23.0. The first-order valence-electron chi connectivity index (χ1n) is 49.2. The van der Waals surface area contributed by atoms with Gasteiger partial charge in [0.1, 0.15) is 66.5 Å². The number of halogens is 3. The van der Waals surface area contributed by atoms with Gasteiger partial charge in [-0.2, -0.15) is 13.2 Å². The topological polar surface area (TPSA) is 407 Å². The molecule has 0 fully saturated rings. The summed E-state index contributed by atoms with van der Waals surface area (Å²) in [7, 11) is 2.81. The Balaban J connectivity index is 0.000000230. The molecular formula is C116H122F3N7O24. The van der Waals surface area contributed by atoms with E-state index in [9.17, 15) is 86.0 Å². The van der Waals surface area contributed by atoms with Crippen LogP contribution in [0, 0.1) is 0 Å². The van der Waals surface area contributed by atoms with Gasteiger partial charge in [0.15, 0.2) is 0 Å². The normalized spacial score (nSPS) is 10.7. The molecule has 11 aromatic carbocycles. The second-order valence-electron chi connectivity index (χ2n) is 34.7. The van der Waals surface area contributed by atoms with Crippen LogP contribution < -0.4 is 53.8 Å². The minimum atomic E-state index is -4.70. The van der Waals surface area contributed by atoms with Crippen molar-refractivity contribution in [3.63, 3.8) is 0 Å². The molecule has 0 atom stereocenters. The average molecular weight is 2060 g/mol. The number of hydrogen-bond acceptors (Lipinski definition) is 22. The summed E-state index contributed by atoms with van der Waals surface area (Å²) in [6.45, 7) is 6.69. The van der Waals surface area contributed by atoms with Crippen LogP contribution >= 0.6 is 0 Å². The number of ether oxygens (including phenoxy) is 9. The van der Waals surface area contributed by atoms with Gasteiger partial charge in [-0.1, -0.05) is 183 Å². The zero-order chi connectivity index (χ0) is 108. The number of carbonyl (C=O) groups excluding carboxylic acids is 9. The van der Waals surface area contributed by atoms with Crippen molar-refractivity contribution >= 4 is 88.5 Å². The Morgan fingerprint density at radius 2 is 0.660 bits per heavy atom. The summed E-state index contributed by atoms with van der Waals surface area (Å²) in [5.41, 5.74) is 5.00. The number of hydrogen-bond donors (Lipinski definition) is 6. The van der Waals surface area contributed by atoms with Crippen molar-refractivity contribution in [2.75, 3.05) is 69.6 Å². The molecule has 786 valence electrons. The molecule has 0 aliphatic carbocycles. The van der Waals surface area contributed by atoms with E-state index in [0.29, 0.717) is 93.6 Å². The summed E-state index contributed by atoms with van der Waals surface area (Å²) in [5.74, 6) is -4.49. The van der Waals surface area contributed by atoms with Crippen LogP contribution in [0.1, 0.15) is 218 Å². The number of anilines is 3. The number of nitrogens with one attached hydrogen (secondary N) is 3. The molecule has 31 nitrogen and oxygen atoms in total. The fraction of sp³-hybridized carbons (Fsp3) is 0.284. The molecular weight excluding hydrogens is 1930 g/mol. The molecule has 0 bridgehead atoms. The zero-order valence-corrected chi connectivity index (χ0v) is 84.1. The minimum Gasteiger partial charge on any atom is -0.497 e. The Hall–Kier alpha value is -17.2. The van der Waals surface area contributed by atoms with Gasteiger partial charge in [-0.15, -0.1) is 0 Å². The third-order valence-electron chi connectivity index (χ3n) is 23.0. The number of carboxylic acid groups (broad SMARTS) is 3. The highest BCUT2D eigenvalue weighted by Crippen LogP contribution is 2.36. The average Bonchev–Trinajstić information content (AvgIpc) is 0.811.